The fourth-order valence-corrected chi connectivity index (χ4v) is 6.87. The van der Waals surface area contributed by atoms with E-state index < -0.39 is 12.5 Å². The number of aliphatic hydroxyl groups is 2. The summed E-state index contributed by atoms with van der Waals surface area (Å²) in [6.07, 6.45) is -2.03. The highest BCUT2D eigenvalue weighted by atomic mass is 32.2. The fourth-order valence-electron chi connectivity index (χ4n) is 4.35. The van der Waals surface area contributed by atoms with Gasteiger partial charge in [0.05, 0.1) is 0 Å². The van der Waals surface area contributed by atoms with Crippen LogP contribution >= 0.6 is 48.0 Å². The summed E-state index contributed by atoms with van der Waals surface area (Å²) >= 11 is 14.1. The fraction of sp³-hybridized carbons (Fsp3) is 0.286. The van der Waals surface area contributed by atoms with Crippen molar-refractivity contribution in [2.45, 2.75) is 25.7 Å². The third kappa shape index (κ3) is 6.11. The zero-order valence-electron chi connectivity index (χ0n) is 20.6. The van der Waals surface area contributed by atoms with Crippen molar-refractivity contribution in [1.82, 2.24) is 9.80 Å². The average Bonchev–Trinajstić information content (AvgIpc) is 3.58. The number of hydrogen-bond acceptors (Lipinski definition) is 8. The summed E-state index contributed by atoms with van der Waals surface area (Å²) in [5.74, 6) is 2.39. The maximum absolute atomic E-state index is 11.5. The Morgan fingerprint density at radius 3 is 1.39 bits per heavy atom. The molecule has 0 aromatic heterocycles. The zero-order chi connectivity index (χ0) is 26.5. The minimum atomic E-state index is -1.02. The van der Waals surface area contributed by atoms with Gasteiger partial charge in [-0.25, -0.2) is 0 Å². The van der Waals surface area contributed by atoms with Crippen molar-refractivity contribution in [1.29, 1.82) is 0 Å². The monoisotopic (exact) mass is 584 g/mol. The molecule has 38 heavy (non-hydrogen) atoms. The van der Waals surface area contributed by atoms with Crippen molar-refractivity contribution >= 4 is 56.6 Å². The summed E-state index contributed by atoms with van der Waals surface area (Å²) in [7, 11) is 0. The minimum Gasteiger partial charge on any atom is -0.485 e. The SMILES string of the molecule is OC(c1ccc(C(O)N2CCSC2=S)c(OCc2ccccc2)c1OCc1ccccc1)N1CCSC1=S. The Labute approximate surface area is 241 Å². The van der Waals surface area contributed by atoms with Gasteiger partial charge in [-0.15, -0.1) is 0 Å². The van der Waals surface area contributed by atoms with E-state index in [4.69, 9.17) is 33.9 Å². The predicted molar refractivity (Wildman–Crippen MR) is 161 cm³/mol. The van der Waals surface area contributed by atoms with Crippen molar-refractivity contribution in [3.05, 3.63) is 95.1 Å². The molecule has 2 unspecified atom stereocenters. The Balaban J connectivity index is 1.57. The van der Waals surface area contributed by atoms with Crippen LogP contribution in [-0.2, 0) is 13.2 Å². The summed E-state index contributed by atoms with van der Waals surface area (Å²) < 4.78 is 14.1. The summed E-state index contributed by atoms with van der Waals surface area (Å²) in [5, 5.41) is 22.9. The quantitative estimate of drug-likeness (QED) is 0.299. The van der Waals surface area contributed by atoms with Crippen molar-refractivity contribution < 1.29 is 19.7 Å². The Morgan fingerprint density at radius 1 is 0.658 bits per heavy atom. The summed E-state index contributed by atoms with van der Waals surface area (Å²) in [6, 6.07) is 23.2. The normalized spacial score (nSPS) is 17.1. The van der Waals surface area contributed by atoms with Gasteiger partial charge in [-0.05, 0) is 11.1 Å². The van der Waals surface area contributed by atoms with E-state index in [0.29, 0.717) is 44.4 Å². The van der Waals surface area contributed by atoms with Gasteiger partial charge in [-0.1, -0.05) is 121 Å². The number of rotatable bonds is 10. The molecule has 0 amide bonds. The molecule has 0 radical (unpaired) electrons. The number of benzene rings is 3. The van der Waals surface area contributed by atoms with E-state index in [-0.39, 0.29) is 13.2 Å². The van der Waals surface area contributed by atoms with Gasteiger partial charge in [-0.2, -0.15) is 0 Å². The first-order valence-corrected chi connectivity index (χ1v) is 15.0. The number of thiocarbonyl (C=S) groups is 2. The molecule has 198 valence electrons. The van der Waals surface area contributed by atoms with Crippen molar-refractivity contribution in [2.75, 3.05) is 24.6 Å². The molecule has 2 heterocycles. The van der Waals surface area contributed by atoms with Crippen molar-refractivity contribution in [2.24, 2.45) is 0 Å². The standard InChI is InChI=1S/C28H28N2O4S4/c31-25(29-13-15-37-27(29)35)21-11-12-22(26(32)30-14-16-38-28(30)36)24(34-18-20-9-5-2-6-10-20)23(21)33-17-19-7-3-1-4-8-19/h1-12,25-26,31-32H,13-18H2. The summed E-state index contributed by atoms with van der Waals surface area (Å²) in [6.45, 7) is 1.79. The number of nitrogens with zero attached hydrogens (tertiary/aromatic N) is 2. The van der Waals surface area contributed by atoms with Gasteiger partial charge in [0.2, 0.25) is 0 Å². The molecule has 10 heteroatoms. The van der Waals surface area contributed by atoms with Crippen LogP contribution in [0.4, 0.5) is 0 Å². The summed E-state index contributed by atoms with van der Waals surface area (Å²) in [5.41, 5.74) is 3.00. The minimum absolute atomic E-state index is 0.263. The smallest absolute Gasteiger partial charge is 0.169 e. The van der Waals surface area contributed by atoms with Crippen LogP contribution in [0.1, 0.15) is 34.7 Å². The van der Waals surface area contributed by atoms with Gasteiger partial charge >= 0.3 is 0 Å². The molecule has 3 aromatic carbocycles. The van der Waals surface area contributed by atoms with Crippen molar-refractivity contribution in [3.63, 3.8) is 0 Å². The Kier molecular flexibility index (Phi) is 9.08. The topological polar surface area (TPSA) is 65.4 Å². The van der Waals surface area contributed by atoms with Crippen LogP contribution < -0.4 is 9.47 Å². The second-order valence-corrected chi connectivity index (χ2v) is 12.3. The first-order valence-electron chi connectivity index (χ1n) is 12.3. The lowest BCUT2D eigenvalue weighted by Crippen LogP contribution is -2.30. The number of thioether (sulfide) groups is 2. The van der Waals surface area contributed by atoms with Gasteiger partial charge in [0.15, 0.2) is 24.0 Å². The number of hydrogen-bond donors (Lipinski definition) is 2. The van der Waals surface area contributed by atoms with E-state index in [1.165, 1.54) is 0 Å². The average molecular weight is 585 g/mol. The molecule has 3 aromatic rings. The van der Waals surface area contributed by atoms with Crippen LogP contribution in [0.3, 0.4) is 0 Å². The maximum Gasteiger partial charge on any atom is 0.169 e. The van der Waals surface area contributed by atoms with E-state index in [2.05, 4.69) is 0 Å². The lowest BCUT2D eigenvalue weighted by molar-refractivity contribution is 0.0529. The van der Waals surface area contributed by atoms with E-state index in [1.54, 1.807) is 45.5 Å². The number of ether oxygens (including phenoxy) is 2. The Morgan fingerprint density at radius 2 is 1.05 bits per heavy atom. The molecule has 0 spiro atoms. The molecule has 0 bridgehead atoms. The van der Waals surface area contributed by atoms with E-state index in [1.807, 2.05) is 60.7 Å². The van der Waals surface area contributed by atoms with Gasteiger partial charge < -0.3 is 29.5 Å². The molecule has 2 fully saturated rings. The lowest BCUT2D eigenvalue weighted by atomic mass is 10.0. The highest BCUT2D eigenvalue weighted by Crippen LogP contribution is 2.45. The molecule has 0 aliphatic carbocycles. The zero-order valence-corrected chi connectivity index (χ0v) is 23.8. The lowest BCUT2D eigenvalue weighted by Gasteiger charge is -2.30. The van der Waals surface area contributed by atoms with E-state index in [0.717, 1.165) is 22.6 Å². The highest BCUT2D eigenvalue weighted by molar-refractivity contribution is 8.23. The third-order valence-corrected chi connectivity index (χ3v) is 9.27. The molecule has 6 nitrogen and oxygen atoms in total. The molecule has 2 N–H and O–H groups in total. The Bertz CT molecular complexity index is 1180. The van der Waals surface area contributed by atoms with Crippen LogP contribution in [0.25, 0.3) is 0 Å². The van der Waals surface area contributed by atoms with Gasteiger partial charge in [0.25, 0.3) is 0 Å². The molecule has 2 aliphatic rings. The molecule has 2 saturated heterocycles. The Hall–Kier alpha value is -2.34. The largest absolute Gasteiger partial charge is 0.485 e. The van der Waals surface area contributed by atoms with Gasteiger partial charge in [0, 0.05) is 35.7 Å². The second-order valence-electron chi connectivity index (χ2n) is 8.81. The molecule has 2 aliphatic heterocycles. The number of aliphatic hydroxyl groups excluding tert-OH is 2. The van der Waals surface area contributed by atoms with E-state index >= 15 is 0 Å². The molecular formula is C28H28N2O4S4. The second kappa shape index (κ2) is 12.7. The molecular weight excluding hydrogens is 557 g/mol. The van der Waals surface area contributed by atoms with Crippen LogP contribution in [-0.4, -0.2) is 53.2 Å². The molecule has 0 saturated carbocycles. The van der Waals surface area contributed by atoms with Gasteiger partial charge in [0.1, 0.15) is 21.9 Å². The highest BCUT2D eigenvalue weighted by Gasteiger charge is 2.33. The van der Waals surface area contributed by atoms with Gasteiger partial charge in [-0.3, -0.25) is 0 Å². The van der Waals surface area contributed by atoms with Crippen LogP contribution in [0.15, 0.2) is 72.8 Å². The molecule has 5 rings (SSSR count). The van der Waals surface area contributed by atoms with Crippen molar-refractivity contribution in [3.8, 4) is 11.5 Å². The van der Waals surface area contributed by atoms with Crippen LogP contribution in [0, 0.1) is 0 Å². The van der Waals surface area contributed by atoms with E-state index in [9.17, 15) is 10.2 Å². The molecule has 2 atom stereocenters. The first kappa shape index (κ1) is 27.2. The predicted octanol–water partition coefficient (Wildman–Crippen LogP) is 5.49. The first-order chi connectivity index (χ1) is 18.5. The van der Waals surface area contributed by atoms with Crippen LogP contribution in [0.2, 0.25) is 0 Å². The summed E-state index contributed by atoms with van der Waals surface area (Å²) in [4.78, 5) is 3.57. The maximum atomic E-state index is 11.5. The van der Waals surface area contributed by atoms with Crippen LogP contribution in [0.5, 0.6) is 11.5 Å². The third-order valence-electron chi connectivity index (χ3n) is 6.36.